The van der Waals surface area contributed by atoms with Crippen molar-refractivity contribution in [2.24, 2.45) is 0 Å². The van der Waals surface area contributed by atoms with Crippen LogP contribution in [0.2, 0.25) is 0 Å². The van der Waals surface area contributed by atoms with Crippen LogP contribution >= 0.6 is 11.8 Å². The van der Waals surface area contributed by atoms with Gasteiger partial charge in [0, 0.05) is 12.5 Å². The van der Waals surface area contributed by atoms with E-state index in [1.807, 2.05) is 18.4 Å². The lowest BCUT2D eigenvalue weighted by molar-refractivity contribution is -0.178. The van der Waals surface area contributed by atoms with Crippen LogP contribution in [0, 0.1) is 0 Å². The minimum Gasteiger partial charge on any atom is -0.492 e. The van der Waals surface area contributed by atoms with Crippen LogP contribution in [-0.4, -0.2) is 72.8 Å². The number of ether oxygens (including phenoxy) is 3. The Morgan fingerprint density at radius 1 is 1.11 bits per heavy atom. The summed E-state index contributed by atoms with van der Waals surface area (Å²) in [6.07, 6.45) is -2.07. The quantitative estimate of drug-likeness (QED) is 0.346. The van der Waals surface area contributed by atoms with E-state index in [9.17, 15) is 24.9 Å². The van der Waals surface area contributed by atoms with Crippen LogP contribution in [0.1, 0.15) is 30.5 Å². The topological polar surface area (TPSA) is 147 Å². The predicted molar refractivity (Wildman–Crippen MR) is 139 cm³/mol. The van der Waals surface area contributed by atoms with Crippen LogP contribution in [0.4, 0.5) is 5.69 Å². The highest BCUT2D eigenvalue weighted by molar-refractivity contribution is 7.98. The smallest absolute Gasteiger partial charge is 0.217 e. The number of aliphatic hydroxyl groups is 3. The number of fused-ring (bicyclic) bond motifs is 3. The van der Waals surface area contributed by atoms with Crippen LogP contribution in [0.3, 0.4) is 0 Å². The van der Waals surface area contributed by atoms with Crippen LogP contribution in [0.15, 0.2) is 34.0 Å². The maximum Gasteiger partial charge on any atom is 0.217 e. The van der Waals surface area contributed by atoms with Gasteiger partial charge in [0.1, 0.15) is 18.3 Å². The third kappa shape index (κ3) is 5.27. The molecule has 200 valence electrons. The Hall–Kier alpha value is -2.83. The highest BCUT2D eigenvalue weighted by Gasteiger charge is 2.38. The molecule has 2 aromatic rings. The van der Waals surface area contributed by atoms with Crippen molar-refractivity contribution in [2.45, 2.75) is 55.2 Å². The van der Waals surface area contributed by atoms with Crippen molar-refractivity contribution in [3.8, 4) is 22.6 Å². The summed E-state index contributed by atoms with van der Waals surface area (Å²) in [5.41, 5.74) is 3.34. The average Bonchev–Trinajstić information content (AvgIpc) is 3.11. The van der Waals surface area contributed by atoms with Gasteiger partial charge in [-0.25, -0.2) is 0 Å². The first-order valence-corrected chi connectivity index (χ1v) is 13.1. The Kier molecular flexibility index (Phi) is 8.29. The summed E-state index contributed by atoms with van der Waals surface area (Å²) in [5, 5.41) is 36.4. The molecular formula is C26H32N2O8S. The van der Waals surface area contributed by atoms with Gasteiger partial charge < -0.3 is 40.2 Å². The molecule has 2 aromatic carbocycles. The van der Waals surface area contributed by atoms with E-state index in [-0.39, 0.29) is 17.9 Å². The molecule has 37 heavy (non-hydrogen) atoms. The van der Waals surface area contributed by atoms with Gasteiger partial charge in [-0.1, -0.05) is 6.07 Å². The molecular weight excluding hydrogens is 500 g/mol. The lowest BCUT2D eigenvalue weighted by atomic mass is 9.95. The van der Waals surface area contributed by atoms with Crippen molar-refractivity contribution in [1.82, 2.24) is 5.32 Å². The molecule has 0 spiro atoms. The molecule has 0 aromatic heterocycles. The van der Waals surface area contributed by atoms with Crippen LogP contribution in [-0.2, 0) is 16.0 Å². The Labute approximate surface area is 219 Å². The molecule has 0 radical (unpaired) electrons. The first kappa shape index (κ1) is 27.2. The standard InChI is InChI=1S/C26H32N2O8S/c1-12(29)27-16-7-5-13-9-17(28-26-23(33)22(32)19(31)11-36-26)24(34-2)25(35-3)21(13)14-6-8-20(37-4)18(30)10-15(14)16/h6,8-10,16,19,22-23,26,28,31-33H,5,7,11H2,1-4H3,(H,27,29)/t16-,19+,22-,23-,26?/m0/s1. The highest BCUT2D eigenvalue weighted by atomic mass is 32.2. The van der Waals surface area contributed by atoms with E-state index < -0.39 is 30.6 Å². The normalized spacial score (nSPS) is 24.8. The molecule has 4 rings (SSSR count). The van der Waals surface area contributed by atoms with Gasteiger partial charge in [-0.2, -0.15) is 0 Å². The predicted octanol–water partition coefficient (Wildman–Crippen LogP) is 1.43. The second kappa shape index (κ2) is 11.3. The molecule has 5 N–H and O–H groups in total. The Morgan fingerprint density at radius 2 is 1.84 bits per heavy atom. The number of methoxy groups -OCH3 is 2. The van der Waals surface area contributed by atoms with Crippen molar-refractivity contribution in [2.75, 3.05) is 32.4 Å². The second-order valence-corrected chi connectivity index (χ2v) is 9.89. The number of rotatable bonds is 6. The van der Waals surface area contributed by atoms with E-state index in [2.05, 4.69) is 10.6 Å². The number of thioether (sulfide) groups is 1. The van der Waals surface area contributed by atoms with Gasteiger partial charge in [-0.05, 0) is 54.0 Å². The molecule has 0 saturated carbocycles. The molecule has 2 aliphatic rings. The van der Waals surface area contributed by atoms with Crippen molar-refractivity contribution >= 4 is 23.4 Å². The first-order valence-electron chi connectivity index (χ1n) is 11.9. The number of aryl methyl sites for hydroxylation is 1. The van der Waals surface area contributed by atoms with Crippen molar-refractivity contribution < 1.29 is 34.3 Å². The monoisotopic (exact) mass is 532 g/mol. The first-order chi connectivity index (χ1) is 17.7. The van der Waals surface area contributed by atoms with Crippen LogP contribution in [0.5, 0.6) is 11.5 Å². The van der Waals surface area contributed by atoms with E-state index in [4.69, 9.17) is 14.2 Å². The Balaban J connectivity index is 1.90. The number of benzene rings is 1. The SMILES string of the molecule is COc1c(NC2OC[C@@H](O)[C@H](O)[C@@H]2O)cc2c(c1OC)-c1ccc(SC)c(=O)cc1[C@@H](NC(C)=O)CC2. The molecule has 1 fully saturated rings. The highest BCUT2D eigenvalue weighted by Crippen LogP contribution is 2.49. The van der Waals surface area contributed by atoms with Crippen LogP contribution in [0.25, 0.3) is 11.1 Å². The zero-order chi connectivity index (χ0) is 26.9. The minimum absolute atomic E-state index is 0.138. The third-order valence-corrected chi connectivity index (χ3v) is 7.49. The largest absolute Gasteiger partial charge is 0.492 e. The molecule has 5 atom stereocenters. The summed E-state index contributed by atoms with van der Waals surface area (Å²) in [4.78, 5) is 25.6. The number of carbonyl (C=O) groups excluding carboxylic acids is 1. The third-order valence-electron chi connectivity index (χ3n) is 6.71. The fraction of sp³-hybridized carbons (Fsp3) is 0.462. The van der Waals surface area contributed by atoms with Gasteiger partial charge in [0.15, 0.2) is 23.2 Å². The fourth-order valence-corrected chi connectivity index (χ4v) is 5.40. The molecule has 11 heteroatoms. The molecule has 10 nitrogen and oxygen atoms in total. The van der Waals surface area contributed by atoms with E-state index in [0.717, 1.165) is 16.7 Å². The fourth-order valence-electron chi connectivity index (χ4n) is 4.94. The Bertz CT molecular complexity index is 1240. The summed E-state index contributed by atoms with van der Waals surface area (Å²) >= 11 is 1.35. The number of nitrogens with one attached hydrogen (secondary N) is 2. The molecule has 1 heterocycles. The molecule has 1 unspecified atom stereocenters. The lowest BCUT2D eigenvalue weighted by Crippen LogP contribution is -2.55. The van der Waals surface area contributed by atoms with Crippen molar-refractivity contribution in [3.63, 3.8) is 0 Å². The van der Waals surface area contributed by atoms with Crippen molar-refractivity contribution in [1.29, 1.82) is 0 Å². The minimum atomic E-state index is -1.39. The van der Waals surface area contributed by atoms with Gasteiger partial charge in [-0.15, -0.1) is 11.8 Å². The van der Waals surface area contributed by atoms with Gasteiger partial charge in [0.2, 0.25) is 5.91 Å². The number of carbonyl (C=O) groups is 1. The zero-order valence-electron chi connectivity index (χ0n) is 21.1. The van der Waals surface area contributed by atoms with E-state index in [0.29, 0.717) is 40.5 Å². The van der Waals surface area contributed by atoms with Gasteiger partial charge in [-0.3, -0.25) is 9.59 Å². The summed E-state index contributed by atoms with van der Waals surface area (Å²) in [6.45, 7) is 1.29. The van der Waals surface area contributed by atoms with Gasteiger partial charge >= 0.3 is 0 Å². The number of anilines is 1. The molecule has 1 aliphatic heterocycles. The lowest BCUT2D eigenvalue weighted by Gasteiger charge is -2.36. The molecule has 0 bridgehead atoms. The summed E-state index contributed by atoms with van der Waals surface area (Å²) < 4.78 is 17.1. The number of hydrogen-bond donors (Lipinski definition) is 5. The summed E-state index contributed by atoms with van der Waals surface area (Å²) in [6, 6.07) is 6.66. The molecule has 1 amide bonds. The number of amides is 1. The van der Waals surface area contributed by atoms with Crippen LogP contribution < -0.4 is 25.5 Å². The van der Waals surface area contributed by atoms with Crippen molar-refractivity contribution in [3.05, 3.63) is 45.6 Å². The van der Waals surface area contributed by atoms with E-state index in [1.165, 1.54) is 32.9 Å². The summed E-state index contributed by atoms with van der Waals surface area (Å²) in [7, 11) is 3.00. The van der Waals surface area contributed by atoms with E-state index in [1.54, 1.807) is 12.1 Å². The maximum absolute atomic E-state index is 12.9. The average molecular weight is 533 g/mol. The number of aliphatic hydroxyl groups excluding tert-OH is 3. The number of hydrogen-bond acceptors (Lipinski definition) is 10. The molecule has 1 saturated heterocycles. The Morgan fingerprint density at radius 3 is 2.49 bits per heavy atom. The van der Waals surface area contributed by atoms with E-state index >= 15 is 0 Å². The van der Waals surface area contributed by atoms with Gasteiger partial charge in [0.25, 0.3) is 0 Å². The van der Waals surface area contributed by atoms with Gasteiger partial charge in [0.05, 0.1) is 37.5 Å². The summed E-state index contributed by atoms with van der Waals surface area (Å²) in [5.74, 6) is 0.532. The molecule has 1 aliphatic carbocycles. The zero-order valence-corrected chi connectivity index (χ0v) is 21.9. The maximum atomic E-state index is 12.9. The second-order valence-electron chi connectivity index (χ2n) is 9.04.